The Morgan fingerprint density at radius 1 is 1.69 bits per heavy atom. The fraction of sp³-hybridized carbons (Fsp3) is 0.333. The van der Waals surface area contributed by atoms with Crippen LogP contribution in [0.15, 0.2) is 4.42 Å². The largest absolute Gasteiger partial charge is 0.415 e. The SMILES string of the molecule is CC(NC=O)c1nnc(C(N)=O)o1. The molecule has 0 radical (unpaired) electrons. The molecular formula is C6H8N4O3. The number of hydrogen-bond donors (Lipinski definition) is 2. The molecule has 13 heavy (non-hydrogen) atoms. The van der Waals surface area contributed by atoms with Gasteiger partial charge in [0.15, 0.2) is 0 Å². The van der Waals surface area contributed by atoms with Crippen LogP contribution < -0.4 is 11.1 Å². The Hall–Kier alpha value is -1.92. The predicted octanol–water partition coefficient (Wildman–Crippen LogP) is -1.02. The Morgan fingerprint density at radius 3 is 2.85 bits per heavy atom. The van der Waals surface area contributed by atoms with Gasteiger partial charge in [-0.1, -0.05) is 0 Å². The summed E-state index contributed by atoms with van der Waals surface area (Å²) in [7, 11) is 0. The Labute approximate surface area is 73.3 Å². The maximum atomic E-state index is 10.5. The molecule has 70 valence electrons. The summed E-state index contributed by atoms with van der Waals surface area (Å²) in [5, 5.41) is 9.27. The third-order valence-electron chi connectivity index (χ3n) is 1.34. The van der Waals surface area contributed by atoms with Crippen molar-refractivity contribution in [3.8, 4) is 0 Å². The highest BCUT2D eigenvalue weighted by Crippen LogP contribution is 2.08. The minimum Gasteiger partial charge on any atom is -0.415 e. The van der Waals surface area contributed by atoms with Crippen molar-refractivity contribution in [1.29, 1.82) is 0 Å². The molecule has 0 aliphatic heterocycles. The Bertz CT molecular complexity index is 321. The molecule has 0 saturated heterocycles. The molecule has 1 heterocycles. The van der Waals surface area contributed by atoms with Crippen LogP contribution in [0.25, 0.3) is 0 Å². The Morgan fingerprint density at radius 2 is 2.38 bits per heavy atom. The maximum absolute atomic E-state index is 10.5. The summed E-state index contributed by atoms with van der Waals surface area (Å²) in [4.78, 5) is 20.6. The van der Waals surface area contributed by atoms with Crippen molar-refractivity contribution >= 4 is 12.3 Å². The molecule has 0 spiro atoms. The van der Waals surface area contributed by atoms with Gasteiger partial charge in [-0.3, -0.25) is 9.59 Å². The van der Waals surface area contributed by atoms with E-state index in [1.54, 1.807) is 6.92 Å². The zero-order valence-electron chi connectivity index (χ0n) is 6.85. The van der Waals surface area contributed by atoms with Crippen molar-refractivity contribution in [3.63, 3.8) is 0 Å². The number of aromatic nitrogens is 2. The van der Waals surface area contributed by atoms with E-state index in [1.165, 1.54) is 0 Å². The maximum Gasteiger partial charge on any atom is 0.306 e. The van der Waals surface area contributed by atoms with Crippen LogP contribution >= 0.6 is 0 Å². The van der Waals surface area contributed by atoms with Crippen LogP contribution in [0, 0.1) is 0 Å². The van der Waals surface area contributed by atoms with Gasteiger partial charge in [-0.15, -0.1) is 10.2 Å². The van der Waals surface area contributed by atoms with E-state index in [0.29, 0.717) is 6.41 Å². The van der Waals surface area contributed by atoms with Crippen LogP contribution in [0.5, 0.6) is 0 Å². The molecule has 1 unspecified atom stereocenters. The molecular weight excluding hydrogens is 176 g/mol. The van der Waals surface area contributed by atoms with E-state index in [2.05, 4.69) is 15.5 Å². The summed E-state index contributed by atoms with van der Waals surface area (Å²) in [5.41, 5.74) is 4.88. The summed E-state index contributed by atoms with van der Waals surface area (Å²) in [5.74, 6) is -0.924. The highest BCUT2D eigenvalue weighted by atomic mass is 16.4. The molecule has 1 atom stereocenters. The van der Waals surface area contributed by atoms with E-state index in [9.17, 15) is 9.59 Å². The zero-order valence-corrected chi connectivity index (χ0v) is 6.85. The van der Waals surface area contributed by atoms with Crippen LogP contribution in [0.2, 0.25) is 0 Å². The topological polar surface area (TPSA) is 111 Å². The highest BCUT2D eigenvalue weighted by molar-refractivity contribution is 5.87. The molecule has 0 aliphatic rings. The normalized spacial score (nSPS) is 12.1. The first-order valence-electron chi connectivity index (χ1n) is 3.48. The lowest BCUT2D eigenvalue weighted by atomic mass is 10.3. The number of carbonyl (C=O) groups excluding carboxylic acids is 2. The van der Waals surface area contributed by atoms with Gasteiger partial charge in [0.2, 0.25) is 12.3 Å². The van der Waals surface area contributed by atoms with Crippen LogP contribution in [0.4, 0.5) is 0 Å². The number of nitrogens with one attached hydrogen (secondary N) is 1. The summed E-state index contributed by atoms with van der Waals surface area (Å²) >= 11 is 0. The first kappa shape index (κ1) is 9.17. The van der Waals surface area contributed by atoms with Crippen molar-refractivity contribution in [2.45, 2.75) is 13.0 Å². The summed E-state index contributed by atoms with van der Waals surface area (Å²) in [6, 6.07) is -0.432. The van der Waals surface area contributed by atoms with Crippen molar-refractivity contribution in [2.75, 3.05) is 0 Å². The molecule has 2 amide bonds. The molecule has 1 rings (SSSR count). The predicted molar refractivity (Wildman–Crippen MR) is 40.4 cm³/mol. The second-order valence-electron chi connectivity index (χ2n) is 2.32. The number of primary amides is 1. The monoisotopic (exact) mass is 184 g/mol. The summed E-state index contributed by atoms with van der Waals surface area (Å²) in [6.45, 7) is 1.63. The van der Waals surface area contributed by atoms with Crippen molar-refractivity contribution in [2.24, 2.45) is 5.73 Å². The van der Waals surface area contributed by atoms with E-state index < -0.39 is 11.9 Å². The number of carbonyl (C=O) groups is 2. The summed E-state index contributed by atoms with van der Waals surface area (Å²) < 4.78 is 4.84. The number of hydrogen-bond acceptors (Lipinski definition) is 5. The first-order valence-corrected chi connectivity index (χ1v) is 3.48. The molecule has 0 bridgehead atoms. The number of nitrogens with zero attached hydrogens (tertiary/aromatic N) is 2. The lowest BCUT2D eigenvalue weighted by Crippen LogP contribution is -2.16. The van der Waals surface area contributed by atoms with Crippen LogP contribution in [-0.4, -0.2) is 22.5 Å². The van der Waals surface area contributed by atoms with E-state index in [1.807, 2.05) is 0 Å². The number of rotatable bonds is 4. The molecule has 7 nitrogen and oxygen atoms in total. The number of nitrogens with two attached hydrogens (primary N) is 1. The summed E-state index contributed by atoms with van der Waals surface area (Å²) in [6.07, 6.45) is 0.499. The third-order valence-corrected chi connectivity index (χ3v) is 1.34. The zero-order chi connectivity index (χ0) is 9.84. The molecule has 0 aromatic carbocycles. The van der Waals surface area contributed by atoms with Crippen molar-refractivity contribution < 1.29 is 14.0 Å². The van der Waals surface area contributed by atoms with Gasteiger partial charge in [0.05, 0.1) is 0 Å². The molecule has 0 aliphatic carbocycles. The van der Waals surface area contributed by atoms with Gasteiger partial charge in [-0.2, -0.15) is 0 Å². The van der Waals surface area contributed by atoms with Gasteiger partial charge in [0.25, 0.3) is 0 Å². The minimum atomic E-state index is -0.794. The lowest BCUT2D eigenvalue weighted by Gasteiger charge is -2.01. The van der Waals surface area contributed by atoms with E-state index >= 15 is 0 Å². The van der Waals surface area contributed by atoms with Gasteiger partial charge in [-0.25, -0.2) is 0 Å². The second-order valence-corrected chi connectivity index (χ2v) is 2.32. The highest BCUT2D eigenvalue weighted by Gasteiger charge is 2.15. The molecule has 7 heteroatoms. The fourth-order valence-corrected chi connectivity index (χ4v) is 0.682. The molecule has 0 saturated carbocycles. The standard InChI is InChI=1S/C6H8N4O3/c1-3(8-2-11)5-9-10-6(13-5)4(7)12/h2-3H,1H3,(H2,7,12)(H,8,11). The fourth-order valence-electron chi connectivity index (χ4n) is 0.682. The third kappa shape index (κ3) is 2.01. The van der Waals surface area contributed by atoms with E-state index in [-0.39, 0.29) is 11.8 Å². The number of amides is 2. The van der Waals surface area contributed by atoms with Crippen molar-refractivity contribution in [1.82, 2.24) is 15.5 Å². The quantitative estimate of drug-likeness (QED) is 0.581. The smallest absolute Gasteiger partial charge is 0.306 e. The lowest BCUT2D eigenvalue weighted by molar-refractivity contribution is -0.110. The van der Waals surface area contributed by atoms with Gasteiger partial charge >= 0.3 is 11.8 Å². The molecule has 1 aromatic heterocycles. The van der Waals surface area contributed by atoms with Crippen molar-refractivity contribution in [3.05, 3.63) is 11.8 Å². The molecule has 1 aromatic rings. The van der Waals surface area contributed by atoms with E-state index in [4.69, 9.17) is 10.2 Å². The average molecular weight is 184 g/mol. The van der Waals surface area contributed by atoms with Gasteiger partial charge in [0, 0.05) is 0 Å². The second kappa shape index (κ2) is 3.65. The van der Waals surface area contributed by atoms with Gasteiger partial charge in [-0.05, 0) is 6.92 Å². The Balaban J connectivity index is 2.78. The first-order chi connectivity index (χ1) is 6.15. The van der Waals surface area contributed by atoms with Gasteiger partial charge in [0.1, 0.15) is 6.04 Å². The van der Waals surface area contributed by atoms with Crippen LogP contribution in [0.3, 0.4) is 0 Å². The average Bonchev–Trinajstić information content (AvgIpc) is 2.52. The minimum absolute atomic E-state index is 0.140. The van der Waals surface area contributed by atoms with Crippen LogP contribution in [0.1, 0.15) is 29.5 Å². The van der Waals surface area contributed by atoms with Gasteiger partial charge < -0.3 is 15.5 Å². The van der Waals surface area contributed by atoms with Crippen LogP contribution in [-0.2, 0) is 4.79 Å². The molecule has 3 N–H and O–H groups in total. The molecule has 0 fully saturated rings. The Kier molecular flexibility index (Phi) is 2.58. The van der Waals surface area contributed by atoms with E-state index in [0.717, 1.165) is 0 Å².